The molecule has 0 bridgehead atoms. The van der Waals surface area contributed by atoms with Crippen LogP contribution >= 0.6 is 0 Å². The number of likely N-dealkylation sites (tertiary alicyclic amines) is 1. The van der Waals surface area contributed by atoms with Gasteiger partial charge < -0.3 is 16.4 Å². The van der Waals surface area contributed by atoms with Gasteiger partial charge in [-0.15, -0.1) is 0 Å². The van der Waals surface area contributed by atoms with Crippen LogP contribution < -0.4 is 11.5 Å². The van der Waals surface area contributed by atoms with Gasteiger partial charge in [-0.1, -0.05) is 0 Å². The van der Waals surface area contributed by atoms with Crippen LogP contribution in [-0.4, -0.2) is 35.8 Å². The summed E-state index contributed by atoms with van der Waals surface area (Å²) in [7, 11) is 0. The fourth-order valence-electron chi connectivity index (χ4n) is 1.67. The summed E-state index contributed by atoms with van der Waals surface area (Å²) < 4.78 is 0. The maximum Gasteiger partial charge on any atom is 0.239 e. The maximum atomic E-state index is 11.5. The van der Waals surface area contributed by atoms with Crippen LogP contribution in [0.4, 0.5) is 0 Å². The van der Waals surface area contributed by atoms with Crippen LogP contribution in [-0.2, 0) is 9.59 Å². The molecular weight excluding hydrogens is 182 g/mol. The Morgan fingerprint density at radius 1 is 1.36 bits per heavy atom. The molecule has 0 aromatic carbocycles. The highest BCUT2D eigenvalue weighted by Gasteiger charge is 2.26. The number of primary amides is 1. The monoisotopic (exact) mass is 199 g/mol. The van der Waals surface area contributed by atoms with Crippen molar-refractivity contribution in [2.75, 3.05) is 13.1 Å². The van der Waals surface area contributed by atoms with Crippen molar-refractivity contribution in [3.63, 3.8) is 0 Å². The minimum absolute atomic E-state index is 0.0482. The first-order valence-electron chi connectivity index (χ1n) is 4.86. The van der Waals surface area contributed by atoms with Crippen molar-refractivity contribution in [2.24, 2.45) is 17.4 Å². The summed E-state index contributed by atoms with van der Waals surface area (Å²) in [5.74, 6) is -0.391. The Morgan fingerprint density at radius 2 is 1.86 bits per heavy atom. The van der Waals surface area contributed by atoms with Gasteiger partial charge in [0.2, 0.25) is 11.8 Å². The van der Waals surface area contributed by atoms with Crippen LogP contribution in [0.1, 0.15) is 19.8 Å². The summed E-state index contributed by atoms with van der Waals surface area (Å²) in [4.78, 5) is 24.0. The zero-order valence-corrected chi connectivity index (χ0v) is 8.40. The van der Waals surface area contributed by atoms with Crippen molar-refractivity contribution >= 4 is 11.8 Å². The quantitative estimate of drug-likeness (QED) is 0.601. The van der Waals surface area contributed by atoms with Gasteiger partial charge in [0.05, 0.1) is 6.04 Å². The summed E-state index contributed by atoms with van der Waals surface area (Å²) in [5.41, 5.74) is 10.7. The average Bonchev–Trinajstić information content (AvgIpc) is 2.16. The van der Waals surface area contributed by atoms with Gasteiger partial charge in [0.25, 0.3) is 0 Å². The fraction of sp³-hybridized carbons (Fsp3) is 0.778. The van der Waals surface area contributed by atoms with Crippen LogP contribution in [0.3, 0.4) is 0 Å². The first-order valence-corrected chi connectivity index (χ1v) is 4.86. The van der Waals surface area contributed by atoms with Crippen LogP contribution in [0.5, 0.6) is 0 Å². The van der Waals surface area contributed by atoms with E-state index in [9.17, 15) is 9.59 Å². The summed E-state index contributed by atoms with van der Waals surface area (Å²) in [6.07, 6.45) is 1.32. The summed E-state index contributed by atoms with van der Waals surface area (Å²) in [6, 6.07) is -0.458. The van der Waals surface area contributed by atoms with Crippen molar-refractivity contribution in [1.29, 1.82) is 0 Å². The molecule has 4 N–H and O–H groups in total. The molecule has 1 aliphatic heterocycles. The Labute approximate surface area is 83.4 Å². The molecule has 1 saturated heterocycles. The number of nitrogens with zero attached hydrogens (tertiary/aromatic N) is 1. The smallest absolute Gasteiger partial charge is 0.239 e. The zero-order valence-electron chi connectivity index (χ0n) is 8.40. The molecule has 1 unspecified atom stereocenters. The van der Waals surface area contributed by atoms with E-state index in [1.165, 1.54) is 0 Å². The van der Waals surface area contributed by atoms with E-state index in [1.54, 1.807) is 11.8 Å². The molecule has 1 aliphatic rings. The highest BCUT2D eigenvalue weighted by atomic mass is 16.2. The number of carbonyl (C=O) groups is 2. The van der Waals surface area contributed by atoms with Crippen molar-refractivity contribution in [3.05, 3.63) is 0 Å². The second kappa shape index (κ2) is 4.41. The number of carbonyl (C=O) groups excluding carboxylic acids is 2. The highest BCUT2D eigenvalue weighted by Crippen LogP contribution is 2.16. The fourth-order valence-corrected chi connectivity index (χ4v) is 1.67. The second-order valence-electron chi connectivity index (χ2n) is 3.79. The molecule has 5 nitrogen and oxygen atoms in total. The number of hydrogen-bond donors (Lipinski definition) is 2. The molecule has 1 fully saturated rings. The number of hydrogen-bond acceptors (Lipinski definition) is 3. The van der Waals surface area contributed by atoms with E-state index in [0.717, 1.165) is 0 Å². The molecule has 5 heteroatoms. The summed E-state index contributed by atoms with van der Waals surface area (Å²) in [6.45, 7) is 2.85. The second-order valence-corrected chi connectivity index (χ2v) is 3.79. The predicted octanol–water partition coefficient (Wildman–Crippen LogP) is -0.942. The molecular formula is C9H17N3O2. The average molecular weight is 199 g/mol. The van der Waals surface area contributed by atoms with E-state index in [4.69, 9.17) is 11.5 Å². The van der Waals surface area contributed by atoms with Crippen molar-refractivity contribution in [3.8, 4) is 0 Å². The Kier molecular flexibility index (Phi) is 3.46. The maximum absolute atomic E-state index is 11.5. The van der Waals surface area contributed by atoms with Crippen LogP contribution in [0, 0.1) is 5.92 Å². The first kappa shape index (κ1) is 11.0. The van der Waals surface area contributed by atoms with E-state index >= 15 is 0 Å². The minimum atomic E-state index is -0.458. The number of nitrogens with two attached hydrogens (primary N) is 2. The standard InChI is InChI=1S/C9H17N3O2/c1-6(10)9(14)12-4-2-7(3-5-12)8(11)13/h6-7H,2-5,10H2,1H3,(H2,11,13). The number of amides is 2. The third-order valence-corrected chi connectivity index (χ3v) is 2.60. The molecule has 1 rings (SSSR count). The lowest BCUT2D eigenvalue weighted by Gasteiger charge is -2.31. The van der Waals surface area contributed by atoms with Gasteiger partial charge in [0.15, 0.2) is 0 Å². The van der Waals surface area contributed by atoms with Gasteiger partial charge in [-0.2, -0.15) is 0 Å². The molecule has 0 aliphatic carbocycles. The lowest BCUT2D eigenvalue weighted by Crippen LogP contribution is -2.47. The van der Waals surface area contributed by atoms with Crippen molar-refractivity contribution < 1.29 is 9.59 Å². The molecule has 0 radical (unpaired) electrons. The molecule has 0 saturated carbocycles. The van der Waals surface area contributed by atoms with Gasteiger partial charge in [0, 0.05) is 19.0 Å². The van der Waals surface area contributed by atoms with Gasteiger partial charge in [-0.05, 0) is 19.8 Å². The third kappa shape index (κ3) is 2.45. The van der Waals surface area contributed by atoms with E-state index in [0.29, 0.717) is 25.9 Å². The Bertz CT molecular complexity index is 232. The molecule has 0 aromatic heterocycles. The number of piperidine rings is 1. The van der Waals surface area contributed by atoms with Crippen LogP contribution in [0.2, 0.25) is 0 Å². The van der Waals surface area contributed by atoms with E-state index in [1.807, 2.05) is 0 Å². The third-order valence-electron chi connectivity index (χ3n) is 2.60. The highest BCUT2D eigenvalue weighted by molar-refractivity contribution is 5.82. The lowest BCUT2D eigenvalue weighted by molar-refractivity contribution is -0.135. The van der Waals surface area contributed by atoms with Gasteiger partial charge in [0.1, 0.15) is 0 Å². The molecule has 1 heterocycles. The lowest BCUT2D eigenvalue weighted by atomic mass is 9.96. The van der Waals surface area contributed by atoms with Crippen LogP contribution in [0.15, 0.2) is 0 Å². The zero-order chi connectivity index (χ0) is 10.7. The molecule has 0 aromatic rings. The Morgan fingerprint density at radius 3 is 2.21 bits per heavy atom. The van der Waals surface area contributed by atoms with Crippen LogP contribution in [0.25, 0.3) is 0 Å². The van der Waals surface area contributed by atoms with Gasteiger partial charge in [-0.3, -0.25) is 9.59 Å². The normalized spacial score (nSPS) is 20.6. The van der Waals surface area contributed by atoms with Gasteiger partial charge in [-0.25, -0.2) is 0 Å². The molecule has 2 amide bonds. The SMILES string of the molecule is CC(N)C(=O)N1CCC(C(N)=O)CC1. The molecule has 1 atom stereocenters. The van der Waals surface area contributed by atoms with E-state index in [-0.39, 0.29) is 17.7 Å². The molecule has 80 valence electrons. The Hall–Kier alpha value is -1.10. The summed E-state index contributed by atoms with van der Waals surface area (Å²) >= 11 is 0. The van der Waals surface area contributed by atoms with E-state index in [2.05, 4.69) is 0 Å². The van der Waals surface area contributed by atoms with E-state index < -0.39 is 6.04 Å². The Balaban J connectivity index is 2.43. The van der Waals surface area contributed by atoms with Crippen molar-refractivity contribution in [2.45, 2.75) is 25.8 Å². The first-order chi connectivity index (χ1) is 6.52. The predicted molar refractivity (Wildman–Crippen MR) is 52.1 cm³/mol. The van der Waals surface area contributed by atoms with Gasteiger partial charge >= 0.3 is 0 Å². The molecule has 14 heavy (non-hydrogen) atoms. The largest absolute Gasteiger partial charge is 0.369 e. The number of rotatable bonds is 2. The minimum Gasteiger partial charge on any atom is -0.369 e. The van der Waals surface area contributed by atoms with Crippen molar-refractivity contribution in [1.82, 2.24) is 4.90 Å². The topological polar surface area (TPSA) is 89.4 Å². The molecule has 0 spiro atoms. The summed E-state index contributed by atoms with van der Waals surface area (Å²) in [5, 5.41) is 0.